The zero-order chi connectivity index (χ0) is 34.2. The van der Waals surface area contributed by atoms with E-state index >= 15 is 0 Å². The van der Waals surface area contributed by atoms with Gasteiger partial charge in [0.05, 0.1) is 6.61 Å². The lowest BCUT2D eigenvalue weighted by Gasteiger charge is -2.45. The maximum Gasteiger partial charge on any atom is 0.331 e. The summed E-state index contributed by atoms with van der Waals surface area (Å²) in [5.74, 6) is -6.93. The summed E-state index contributed by atoms with van der Waals surface area (Å²) in [6, 6.07) is 5.75. The van der Waals surface area contributed by atoms with Gasteiger partial charge in [-0.3, -0.25) is 19.2 Å². The van der Waals surface area contributed by atoms with Crippen LogP contribution in [0.3, 0.4) is 0 Å². The van der Waals surface area contributed by atoms with Crippen molar-refractivity contribution in [1.82, 2.24) is 0 Å². The third kappa shape index (κ3) is 9.44. The number of phenolic OH excluding ortho intramolecular Hbond substituents is 1. The van der Waals surface area contributed by atoms with E-state index < -0.39 is 104 Å². The molecule has 3 rings (SSSR count). The summed E-state index contributed by atoms with van der Waals surface area (Å²) in [6.45, 7) is 1.86. The van der Waals surface area contributed by atoms with E-state index in [0.717, 1.165) is 33.8 Å². The molecule has 0 bridgehead atoms. The Balaban J connectivity index is 2.00. The van der Waals surface area contributed by atoms with Crippen LogP contribution in [-0.4, -0.2) is 125 Å². The minimum atomic E-state index is -2.47. The monoisotopic (exact) mass is 656 g/mol. The highest BCUT2D eigenvalue weighted by molar-refractivity contribution is 5.87. The molecule has 9 unspecified atom stereocenters. The second-order valence-corrected chi connectivity index (χ2v) is 10.3. The Morgan fingerprint density at radius 1 is 0.826 bits per heavy atom. The van der Waals surface area contributed by atoms with Gasteiger partial charge in [-0.15, -0.1) is 0 Å². The quantitative estimate of drug-likeness (QED) is 0.118. The van der Waals surface area contributed by atoms with E-state index in [0.29, 0.717) is 5.56 Å². The Labute approximate surface area is 262 Å². The van der Waals surface area contributed by atoms with Gasteiger partial charge in [-0.2, -0.15) is 0 Å². The lowest BCUT2D eigenvalue weighted by molar-refractivity contribution is -0.384. The molecule has 9 atom stereocenters. The highest BCUT2D eigenvalue weighted by atomic mass is 16.8. The summed E-state index contributed by atoms with van der Waals surface area (Å²) in [5, 5.41) is 41.6. The van der Waals surface area contributed by atoms with Gasteiger partial charge in [-0.1, -0.05) is 12.1 Å². The second-order valence-electron chi connectivity index (χ2n) is 10.3. The van der Waals surface area contributed by atoms with Crippen LogP contribution >= 0.6 is 0 Å². The molecule has 2 saturated heterocycles. The second kappa shape index (κ2) is 15.9. The topological polar surface area (TPSA) is 240 Å². The number of esters is 5. The maximum absolute atomic E-state index is 12.9. The third-order valence-corrected chi connectivity index (χ3v) is 6.67. The minimum absolute atomic E-state index is 0.00858. The fourth-order valence-electron chi connectivity index (χ4n) is 4.70. The van der Waals surface area contributed by atoms with Gasteiger partial charge in [0, 0.05) is 33.8 Å². The number of benzene rings is 1. The van der Waals surface area contributed by atoms with Crippen molar-refractivity contribution in [3.05, 3.63) is 35.9 Å². The van der Waals surface area contributed by atoms with Crippen molar-refractivity contribution >= 4 is 35.9 Å². The first-order valence-electron chi connectivity index (χ1n) is 13.9. The molecule has 2 heterocycles. The number of aliphatic hydroxyl groups is 3. The number of aromatic hydroxyl groups is 1. The summed E-state index contributed by atoms with van der Waals surface area (Å²) in [4.78, 5) is 60.2. The number of aliphatic hydroxyl groups excluding tert-OH is 3. The normalized spacial score (nSPS) is 30.8. The van der Waals surface area contributed by atoms with Crippen molar-refractivity contribution in [2.75, 3.05) is 19.8 Å². The summed E-state index contributed by atoms with van der Waals surface area (Å²) in [7, 11) is 0. The summed E-state index contributed by atoms with van der Waals surface area (Å²) in [6.07, 6.45) is -11.3. The van der Waals surface area contributed by atoms with Crippen LogP contribution in [0.15, 0.2) is 30.3 Å². The number of carbonyl (C=O) groups excluding carboxylic acids is 5. The van der Waals surface area contributed by atoms with Crippen LogP contribution in [0.5, 0.6) is 5.75 Å². The van der Waals surface area contributed by atoms with Gasteiger partial charge in [-0.05, 0) is 23.8 Å². The van der Waals surface area contributed by atoms with E-state index in [2.05, 4.69) is 0 Å². The molecule has 1 aromatic carbocycles. The van der Waals surface area contributed by atoms with E-state index in [1.165, 1.54) is 30.3 Å². The van der Waals surface area contributed by atoms with Crippen molar-refractivity contribution in [1.29, 1.82) is 0 Å². The highest BCUT2D eigenvalue weighted by Crippen LogP contribution is 2.39. The summed E-state index contributed by atoms with van der Waals surface area (Å²) >= 11 is 0. The van der Waals surface area contributed by atoms with Crippen molar-refractivity contribution in [3.63, 3.8) is 0 Å². The Morgan fingerprint density at radius 2 is 1.43 bits per heavy atom. The van der Waals surface area contributed by atoms with Crippen molar-refractivity contribution in [3.8, 4) is 5.75 Å². The molecule has 0 spiro atoms. The van der Waals surface area contributed by atoms with Crippen LogP contribution < -0.4 is 0 Å². The molecule has 0 aromatic heterocycles. The van der Waals surface area contributed by atoms with Crippen molar-refractivity contribution in [2.45, 2.75) is 82.5 Å². The van der Waals surface area contributed by atoms with Crippen molar-refractivity contribution in [2.24, 2.45) is 0 Å². The van der Waals surface area contributed by atoms with E-state index in [1.54, 1.807) is 0 Å². The lowest BCUT2D eigenvalue weighted by Crippen LogP contribution is -2.65. The van der Waals surface area contributed by atoms with Crippen LogP contribution in [0, 0.1) is 0 Å². The zero-order valence-corrected chi connectivity index (χ0v) is 25.3. The molecule has 0 saturated carbocycles. The van der Waals surface area contributed by atoms with Gasteiger partial charge < -0.3 is 58.3 Å². The number of carbonyl (C=O) groups is 5. The average Bonchev–Trinajstić information content (AvgIpc) is 3.24. The highest BCUT2D eigenvalue weighted by Gasteiger charge is 2.62. The fraction of sp³-hybridized carbons (Fsp3) is 0.552. The maximum atomic E-state index is 12.9. The molecule has 2 aliphatic rings. The van der Waals surface area contributed by atoms with Gasteiger partial charge in [0.25, 0.3) is 0 Å². The first-order valence-corrected chi connectivity index (χ1v) is 13.9. The first-order chi connectivity index (χ1) is 21.6. The molecular weight excluding hydrogens is 620 g/mol. The van der Waals surface area contributed by atoms with E-state index in [-0.39, 0.29) is 5.75 Å². The van der Waals surface area contributed by atoms with Gasteiger partial charge in [0.1, 0.15) is 43.4 Å². The smallest absolute Gasteiger partial charge is 0.331 e. The third-order valence-electron chi connectivity index (χ3n) is 6.67. The molecule has 46 heavy (non-hydrogen) atoms. The van der Waals surface area contributed by atoms with Gasteiger partial charge in [0.15, 0.2) is 24.6 Å². The van der Waals surface area contributed by atoms with Crippen molar-refractivity contribution < 1.29 is 82.3 Å². The molecule has 0 amide bonds. The molecule has 2 fully saturated rings. The van der Waals surface area contributed by atoms with Crippen LogP contribution in [0.4, 0.5) is 0 Å². The predicted molar refractivity (Wildman–Crippen MR) is 148 cm³/mol. The molecular formula is C29H36O17. The number of ether oxygens (including phenoxy) is 8. The Kier molecular flexibility index (Phi) is 12.6. The molecule has 1 aromatic rings. The number of rotatable bonds is 12. The Morgan fingerprint density at radius 3 is 2.00 bits per heavy atom. The van der Waals surface area contributed by atoms with Crippen LogP contribution in [0.1, 0.15) is 33.3 Å². The summed E-state index contributed by atoms with van der Waals surface area (Å²) in [5.41, 5.74) is 0.491. The molecule has 17 nitrogen and oxygen atoms in total. The fourth-order valence-corrected chi connectivity index (χ4v) is 4.70. The van der Waals surface area contributed by atoms with Gasteiger partial charge >= 0.3 is 29.8 Å². The predicted octanol–water partition coefficient (Wildman–Crippen LogP) is -1.14. The number of hydrogen-bond donors (Lipinski definition) is 4. The summed E-state index contributed by atoms with van der Waals surface area (Å²) < 4.78 is 43.5. The van der Waals surface area contributed by atoms with E-state index in [9.17, 15) is 44.4 Å². The molecule has 254 valence electrons. The molecule has 0 radical (unpaired) electrons. The largest absolute Gasteiger partial charge is 0.508 e. The lowest BCUT2D eigenvalue weighted by atomic mass is 9.98. The first kappa shape index (κ1) is 36.3. The van der Waals surface area contributed by atoms with Crippen LogP contribution in [0.25, 0.3) is 6.08 Å². The Bertz CT molecular complexity index is 1280. The molecule has 2 aliphatic heterocycles. The zero-order valence-electron chi connectivity index (χ0n) is 25.3. The number of hydrogen-bond acceptors (Lipinski definition) is 17. The standard InChI is InChI=1S/C29H36O17/c1-14(31)39-12-21-25(41-16(3)33)26(42-17(4)34)24(38)28(43-21)46-29(13-40-15(2)32)27(23(37)20(11-30)45-29)44-22(36)10-7-18-5-8-19(35)9-6-18/h5-10,20-21,23-28,30,35,37-38H,11-13H2,1-4H3. The minimum Gasteiger partial charge on any atom is -0.508 e. The SMILES string of the molecule is CC(=O)OCC1OC(OC2(COC(C)=O)OC(CO)C(O)C2OC(=O)C=Cc2ccc(O)cc2)C(O)C(OC(C)=O)C1OC(C)=O. The van der Waals surface area contributed by atoms with E-state index in [1.807, 2.05) is 0 Å². The van der Waals surface area contributed by atoms with E-state index in [4.69, 9.17) is 37.9 Å². The van der Waals surface area contributed by atoms with Gasteiger partial charge in [0.2, 0.25) is 5.79 Å². The molecule has 0 aliphatic carbocycles. The molecule has 4 N–H and O–H groups in total. The average molecular weight is 657 g/mol. The van der Waals surface area contributed by atoms with Gasteiger partial charge in [-0.25, -0.2) is 4.79 Å². The van der Waals surface area contributed by atoms with Crippen LogP contribution in [-0.2, 0) is 61.9 Å². The molecule has 17 heteroatoms. The number of phenols is 1. The Hall–Kier alpha value is -4.13. The van der Waals surface area contributed by atoms with Crippen LogP contribution in [0.2, 0.25) is 0 Å².